The van der Waals surface area contributed by atoms with E-state index < -0.39 is 0 Å². The SMILES string of the molecule is CCCCC(NCc1ccc(F)cc1)C(=O)OC. The Bertz CT molecular complexity index is 365. The fraction of sp³-hybridized carbons (Fsp3) is 0.500. The minimum absolute atomic E-state index is 0.245. The maximum Gasteiger partial charge on any atom is 0.322 e. The molecular weight excluding hydrogens is 233 g/mol. The number of carbonyl (C=O) groups excluding carboxylic acids is 1. The first-order valence-corrected chi connectivity index (χ1v) is 6.23. The Morgan fingerprint density at radius 3 is 2.61 bits per heavy atom. The number of halogens is 1. The quantitative estimate of drug-likeness (QED) is 0.759. The Hall–Kier alpha value is -1.42. The second-order valence-electron chi connectivity index (χ2n) is 4.23. The van der Waals surface area contributed by atoms with Crippen molar-refractivity contribution < 1.29 is 13.9 Å². The highest BCUT2D eigenvalue weighted by molar-refractivity contribution is 5.75. The average Bonchev–Trinajstić information content (AvgIpc) is 2.40. The molecule has 18 heavy (non-hydrogen) atoms. The monoisotopic (exact) mass is 253 g/mol. The van der Waals surface area contributed by atoms with Gasteiger partial charge in [0.25, 0.3) is 0 Å². The average molecular weight is 253 g/mol. The van der Waals surface area contributed by atoms with E-state index in [1.165, 1.54) is 19.2 Å². The van der Waals surface area contributed by atoms with Gasteiger partial charge < -0.3 is 10.1 Å². The van der Waals surface area contributed by atoms with Crippen LogP contribution in [-0.2, 0) is 16.1 Å². The molecule has 1 aromatic carbocycles. The highest BCUT2D eigenvalue weighted by atomic mass is 19.1. The van der Waals surface area contributed by atoms with E-state index in [4.69, 9.17) is 4.74 Å². The van der Waals surface area contributed by atoms with Crippen LogP contribution in [0.3, 0.4) is 0 Å². The van der Waals surface area contributed by atoms with Crippen LogP contribution in [0.25, 0.3) is 0 Å². The molecule has 0 fully saturated rings. The molecule has 1 N–H and O–H groups in total. The van der Waals surface area contributed by atoms with Gasteiger partial charge in [0.2, 0.25) is 0 Å². The molecular formula is C14H20FNO2. The van der Waals surface area contributed by atoms with Crippen molar-refractivity contribution in [2.45, 2.75) is 38.8 Å². The molecule has 3 nitrogen and oxygen atoms in total. The van der Waals surface area contributed by atoms with Gasteiger partial charge in [0.1, 0.15) is 11.9 Å². The lowest BCUT2D eigenvalue weighted by Crippen LogP contribution is -2.37. The second kappa shape index (κ2) is 7.82. The van der Waals surface area contributed by atoms with Crippen LogP contribution in [0.5, 0.6) is 0 Å². The van der Waals surface area contributed by atoms with E-state index in [9.17, 15) is 9.18 Å². The van der Waals surface area contributed by atoms with Crippen LogP contribution >= 0.6 is 0 Å². The molecule has 0 aromatic heterocycles. The molecule has 0 bridgehead atoms. The third-order valence-electron chi connectivity index (χ3n) is 2.80. The predicted octanol–water partition coefficient (Wildman–Crippen LogP) is 2.65. The molecule has 0 aliphatic heterocycles. The number of nitrogens with one attached hydrogen (secondary N) is 1. The highest BCUT2D eigenvalue weighted by Crippen LogP contribution is 2.06. The minimum atomic E-state index is -0.292. The molecule has 0 spiro atoms. The van der Waals surface area contributed by atoms with Gasteiger partial charge in [-0.3, -0.25) is 4.79 Å². The zero-order valence-corrected chi connectivity index (χ0v) is 10.9. The fourth-order valence-corrected chi connectivity index (χ4v) is 1.70. The maximum atomic E-state index is 12.7. The lowest BCUT2D eigenvalue weighted by atomic mass is 10.1. The number of rotatable bonds is 7. The molecule has 0 saturated carbocycles. The molecule has 0 aliphatic carbocycles. The summed E-state index contributed by atoms with van der Waals surface area (Å²) in [7, 11) is 1.39. The van der Waals surface area contributed by atoms with E-state index >= 15 is 0 Å². The number of ether oxygens (including phenoxy) is 1. The number of esters is 1. The van der Waals surface area contributed by atoms with Crippen LogP contribution in [0, 0.1) is 5.82 Å². The Kier molecular flexibility index (Phi) is 6.36. The van der Waals surface area contributed by atoms with Gasteiger partial charge in [-0.2, -0.15) is 0 Å². The molecule has 1 aromatic rings. The van der Waals surface area contributed by atoms with E-state index in [1.807, 2.05) is 0 Å². The number of hydrogen-bond donors (Lipinski definition) is 1. The summed E-state index contributed by atoms with van der Waals surface area (Å²) in [5, 5.41) is 3.14. The smallest absolute Gasteiger partial charge is 0.322 e. The molecule has 1 atom stereocenters. The molecule has 1 rings (SSSR count). The molecule has 1 unspecified atom stereocenters. The van der Waals surface area contributed by atoms with Crippen LogP contribution in [0.15, 0.2) is 24.3 Å². The van der Waals surface area contributed by atoms with Crippen molar-refractivity contribution in [2.24, 2.45) is 0 Å². The van der Waals surface area contributed by atoms with Crippen molar-refractivity contribution in [3.05, 3.63) is 35.6 Å². The fourth-order valence-electron chi connectivity index (χ4n) is 1.70. The third-order valence-corrected chi connectivity index (χ3v) is 2.80. The first-order chi connectivity index (χ1) is 8.67. The van der Waals surface area contributed by atoms with Crippen LogP contribution in [-0.4, -0.2) is 19.1 Å². The lowest BCUT2D eigenvalue weighted by Gasteiger charge is -2.16. The standard InChI is InChI=1S/C14H20FNO2/c1-3-4-5-13(14(17)18-2)16-10-11-6-8-12(15)9-7-11/h6-9,13,16H,3-5,10H2,1-2H3. The molecule has 0 amide bonds. The van der Waals surface area contributed by atoms with E-state index in [-0.39, 0.29) is 17.8 Å². The first kappa shape index (κ1) is 14.6. The van der Waals surface area contributed by atoms with Crippen molar-refractivity contribution in [3.63, 3.8) is 0 Å². The Morgan fingerprint density at radius 1 is 1.39 bits per heavy atom. The number of methoxy groups -OCH3 is 1. The van der Waals surface area contributed by atoms with Gasteiger partial charge >= 0.3 is 5.97 Å². The summed E-state index contributed by atoms with van der Waals surface area (Å²) in [5.41, 5.74) is 0.946. The normalized spacial score (nSPS) is 12.2. The Morgan fingerprint density at radius 2 is 2.06 bits per heavy atom. The number of unbranched alkanes of at least 4 members (excludes halogenated alkanes) is 1. The number of hydrogen-bond acceptors (Lipinski definition) is 3. The lowest BCUT2D eigenvalue weighted by molar-refractivity contribution is -0.143. The van der Waals surface area contributed by atoms with Gasteiger partial charge in [0.15, 0.2) is 0 Å². The first-order valence-electron chi connectivity index (χ1n) is 6.23. The molecule has 4 heteroatoms. The number of benzene rings is 1. The molecule has 0 radical (unpaired) electrons. The largest absolute Gasteiger partial charge is 0.468 e. The van der Waals surface area contributed by atoms with Crippen molar-refractivity contribution in [1.29, 1.82) is 0 Å². The van der Waals surface area contributed by atoms with Crippen molar-refractivity contribution >= 4 is 5.97 Å². The topological polar surface area (TPSA) is 38.3 Å². The van der Waals surface area contributed by atoms with Gasteiger partial charge in [-0.1, -0.05) is 31.9 Å². The molecule has 100 valence electrons. The Balaban J connectivity index is 2.50. The summed E-state index contributed by atoms with van der Waals surface area (Å²) in [6.07, 6.45) is 2.76. The number of carbonyl (C=O) groups is 1. The molecule has 0 saturated heterocycles. The summed E-state index contributed by atoms with van der Waals surface area (Å²) >= 11 is 0. The van der Waals surface area contributed by atoms with E-state index in [0.717, 1.165) is 24.8 Å². The predicted molar refractivity (Wildman–Crippen MR) is 68.6 cm³/mol. The van der Waals surface area contributed by atoms with Gasteiger partial charge in [0.05, 0.1) is 7.11 Å². The summed E-state index contributed by atoms with van der Waals surface area (Å²) in [6, 6.07) is 5.94. The summed E-state index contributed by atoms with van der Waals surface area (Å²) in [5.74, 6) is -0.500. The summed E-state index contributed by atoms with van der Waals surface area (Å²) in [4.78, 5) is 11.5. The summed E-state index contributed by atoms with van der Waals surface area (Å²) < 4.78 is 17.5. The second-order valence-corrected chi connectivity index (χ2v) is 4.23. The van der Waals surface area contributed by atoms with Crippen LogP contribution in [0.2, 0.25) is 0 Å². The van der Waals surface area contributed by atoms with Gasteiger partial charge in [-0.15, -0.1) is 0 Å². The van der Waals surface area contributed by atoms with E-state index in [1.54, 1.807) is 12.1 Å². The van der Waals surface area contributed by atoms with Gasteiger partial charge in [0, 0.05) is 6.54 Å². The zero-order valence-electron chi connectivity index (χ0n) is 10.9. The van der Waals surface area contributed by atoms with Crippen molar-refractivity contribution in [3.8, 4) is 0 Å². The van der Waals surface area contributed by atoms with E-state index in [0.29, 0.717) is 6.54 Å². The van der Waals surface area contributed by atoms with Crippen LogP contribution in [0.4, 0.5) is 4.39 Å². The summed E-state index contributed by atoms with van der Waals surface area (Å²) in [6.45, 7) is 2.61. The van der Waals surface area contributed by atoms with Crippen molar-refractivity contribution in [1.82, 2.24) is 5.32 Å². The van der Waals surface area contributed by atoms with Crippen molar-refractivity contribution in [2.75, 3.05) is 7.11 Å². The van der Waals surface area contributed by atoms with Gasteiger partial charge in [-0.05, 0) is 24.1 Å². The van der Waals surface area contributed by atoms with Gasteiger partial charge in [-0.25, -0.2) is 4.39 Å². The van der Waals surface area contributed by atoms with Crippen LogP contribution < -0.4 is 5.32 Å². The highest BCUT2D eigenvalue weighted by Gasteiger charge is 2.17. The third kappa shape index (κ3) is 4.84. The molecule has 0 heterocycles. The Labute approximate surface area is 107 Å². The zero-order chi connectivity index (χ0) is 13.4. The molecule has 0 aliphatic rings. The van der Waals surface area contributed by atoms with E-state index in [2.05, 4.69) is 12.2 Å². The van der Waals surface area contributed by atoms with Crippen LogP contribution in [0.1, 0.15) is 31.7 Å². The minimum Gasteiger partial charge on any atom is -0.468 e. The maximum absolute atomic E-state index is 12.7.